The molecule has 1 aromatic rings. The molecule has 15 heavy (non-hydrogen) atoms. The standard InChI is InChI=1S/C11H13NO2.Na/c13-11(14)10-7-4-8-12(10)9-5-2-1-3-6-9;/h1-3,5-6,10H,4,7-8H2,(H,13,14);/q;+1/p-1. The minimum absolute atomic E-state index is 0. The maximum Gasteiger partial charge on any atom is 1.00 e. The first-order chi connectivity index (χ1) is 6.79. The summed E-state index contributed by atoms with van der Waals surface area (Å²) in [6.07, 6.45) is 1.62. The molecule has 1 saturated heterocycles. The van der Waals surface area contributed by atoms with Crippen LogP contribution in [-0.2, 0) is 4.79 Å². The van der Waals surface area contributed by atoms with E-state index in [1.807, 2.05) is 35.2 Å². The predicted octanol–water partition coefficient (Wildman–Crippen LogP) is -2.59. The van der Waals surface area contributed by atoms with Gasteiger partial charge in [-0.25, -0.2) is 0 Å². The minimum atomic E-state index is -0.966. The van der Waals surface area contributed by atoms with Crippen LogP contribution in [0.25, 0.3) is 0 Å². The summed E-state index contributed by atoms with van der Waals surface area (Å²) >= 11 is 0. The van der Waals surface area contributed by atoms with Crippen molar-refractivity contribution in [2.75, 3.05) is 11.4 Å². The van der Waals surface area contributed by atoms with Crippen LogP contribution in [0, 0.1) is 0 Å². The van der Waals surface area contributed by atoms with Gasteiger partial charge in [0.25, 0.3) is 0 Å². The summed E-state index contributed by atoms with van der Waals surface area (Å²) in [5.41, 5.74) is 0.971. The number of carbonyl (C=O) groups excluding carboxylic acids is 1. The Balaban J connectivity index is 0.00000112. The van der Waals surface area contributed by atoms with Crippen molar-refractivity contribution < 1.29 is 39.5 Å². The van der Waals surface area contributed by atoms with Crippen molar-refractivity contribution in [2.45, 2.75) is 18.9 Å². The van der Waals surface area contributed by atoms with Crippen molar-refractivity contribution in [1.82, 2.24) is 0 Å². The molecule has 0 amide bonds. The van der Waals surface area contributed by atoms with E-state index >= 15 is 0 Å². The monoisotopic (exact) mass is 213 g/mol. The van der Waals surface area contributed by atoms with Gasteiger partial charge in [0, 0.05) is 12.2 Å². The summed E-state index contributed by atoms with van der Waals surface area (Å²) in [5.74, 6) is -0.966. The van der Waals surface area contributed by atoms with E-state index in [0.29, 0.717) is 6.42 Å². The zero-order chi connectivity index (χ0) is 9.97. The fourth-order valence-corrected chi connectivity index (χ4v) is 1.94. The third-order valence-corrected chi connectivity index (χ3v) is 2.61. The van der Waals surface area contributed by atoms with Crippen molar-refractivity contribution in [3.8, 4) is 0 Å². The average molecular weight is 213 g/mol. The number of rotatable bonds is 2. The summed E-state index contributed by atoms with van der Waals surface area (Å²) in [6, 6.07) is 9.17. The van der Waals surface area contributed by atoms with E-state index in [2.05, 4.69) is 0 Å². The molecule has 1 aliphatic rings. The van der Waals surface area contributed by atoms with Crippen LogP contribution in [0.2, 0.25) is 0 Å². The van der Waals surface area contributed by atoms with E-state index < -0.39 is 12.0 Å². The van der Waals surface area contributed by atoms with Gasteiger partial charge in [0.1, 0.15) is 0 Å². The maximum absolute atomic E-state index is 10.8. The topological polar surface area (TPSA) is 43.4 Å². The van der Waals surface area contributed by atoms with Crippen LogP contribution in [0.4, 0.5) is 5.69 Å². The van der Waals surface area contributed by atoms with Crippen LogP contribution in [-0.4, -0.2) is 18.6 Å². The van der Waals surface area contributed by atoms with E-state index in [1.165, 1.54) is 0 Å². The average Bonchev–Trinajstić information content (AvgIpc) is 2.67. The van der Waals surface area contributed by atoms with Gasteiger partial charge in [-0.05, 0) is 25.0 Å². The molecule has 0 bridgehead atoms. The molecule has 1 aliphatic heterocycles. The predicted molar refractivity (Wildman–Crippen MR) is 51.8 cm³/mol. The van der Waals surface area contributed by atoms with Gasteiger partial charge in [-0.3, -0.25) is 0 Å². The zero-order valence-electron chi connectivity index (χ0n) is 8.85. The van der Waals surface area contributed by atoms with Gasteiger partial charge in [0.2, 0.25) is 0 Å². The molecule has 1 heterocycles. The van der Waals surface area contributed by atoms with Crippen LogP contribution < -0.4 is 39.6 Å². The number of anilines is 1. The van der Waals surface area contributed by atoms with E-state index in [1.54, 1.807) is 0 Å². The van der Waals surface area contributed by atoms with Crippen LogP contribution in [0.15, 0.2) is 30.3 Å². The molecule has 1 fully saturated rings. The number of nitrogens with zero attached hydrogens (tertiary/aromatic N) is 1. The van der Waals surface area contributed by atoms with Crippen molar-refractivity contribution in [1.29, 1.82) is 0 Å². The molecule has 0 spiro atoms. The maximum atomic E-state index is 10.8. The summed E-state index contributed by atoms with van der Waals surface area (Å²) in [6.45, 7) is 0.808. The first-order valence-electron chi connectivity index (χ1n) is 4.81. The number of aliphatic carboxylic acids is 1. The van der Waals surface area contributed by atoms with Crippen LogP contribution >= 0.6 is 0 Å². The van der Waals surface area contributed by atoms with Crippen LogP contribution in [0.3, 0.4) is 0 Å². The van der Waals surface area contributed by atoms with Gasteiger partial charge in [0.15, 0.2) is 0 Å². The van der Waals surface area contributed by atoms with Gasteiger partial charge in [-0.2, -0.15) is 0 Å². The molecule has 1 unspecified atom stereocenters. The molecule has 74 valence electrons. The number of para-hydroxylation sites is 1. The number of carboxylic acid groups (broad SMARTS) is 1. The Kier molecular flexibility index (Phi) is 4.64. The summed E-state index contributed by atoms with van der Waals surface area (Å²) in [4.78, 5) is 12.7. The molecule has 0 saturated carbocycles. The molecular formula is C11H12NNaO2. The van der Waals surface area contributed by atoms with Gasteiger partial charge >= 0.3 is 29.6 Å². The molecule has 0 N–H and O–H groups in total. The van der Waals surface area contributed by atoms with Crippen LogP contribution in [0.1, 0.15) is 12.8 Å². The zero-order valence-corrected chi connectivity index (χ0v) is 10.8. The summed E-state index contributed by atoms with van der Waals surface area (Å²) in [5, 5.41) is 10.8. The second-order valence-electron chi connectivity index (χ2n) is 3.51. The number of carboxylic acids is 1. The molecule has 0 radical (unpaired) electrons. The Morgan fingerprint density at radius 3 is 2.60 bits per heavy atom. The Morgan fingerprint density at radius 2 is 2.00 bits per heavy atom. The molecule has 3 nitrogen and oxygen atoms in total. The summed E-state index contributed by atoms with van der Waals surface area (Å²) in [7, 11) is 0. The Labute approximate surface area is 111 Å². The second-order valence-corrected chi connectivity index (χ2v) is 3.51. The fraction of sp³-hybridized carbons (Fsp3) is 0.364. The Bertz CT molecular complexity index is 329. The molecular weight excluding hydrogens is 201 g/mol. The van der Waals surface area contributed by atoms with Gasteiger partial charge < -0.3 is 14.8 Å². The fourth-order valence-electron chi connectivity index (χ4n) is 1.94. The SMILES string of the molecule is O=C([O-])C1CCCN1c1ccccc1.[Na+]. The molecule has 0 aliphatic carbocycles. The number of carbonyl (C=O) groups is 1. The van der Waals surface area contributed by atoms with Crippen molar-refractivity contribution in [3.63, 3.8) is 0 Å². The van der Waals surface area contributed by atoms with Crippen molar-refractivity contribution in [2.24, 2.45) is 0 Å². The second kappa shape index (κ2) is 5.54. The number of hydrogen-bond donors (Lipinski definition) is 0. The minimum Gasteiger partial charge on any atom is -0.548 e. The van der Waals surface area contributed by atoms with Gasteiger partial charge in [-0.1, -0.05) is 18.2 Å². The number of benzene rings is 1. The largest absolute Gasteiger partial charge is 1.00 e. The van der Waals surface area contributed by atoms with Crippen molar-refractivity contribution in [3.05, 3.63) is 30.3 Å². The molecule has 2 rings (SSSR count). The number of hydrogen-bond acceptors (Lipinski definition) is 3. The van der Waals surface area contributed by atoms with E-state index in [9.17, 15) is 9.90 Å². The van der Waals surface area contributed by atoms with E-state index in [0.717, 1.165) is 18.7 Å². The normalized spacial score (nSPS) is 19.7. The smallest absolute Gasteiger partial charge is 0.548 e. The third-order valence-electron chi connectivity index (χ3n) is 2.61. The molecule has 1 atom stereocenters. The third kappa shape index (κ3) is 2.74. The molecule has 4 heteroatoms. The quantitative estimate of drug-likeness (QED) is 0.506. The first kappa shape index (κ1) is 12.6. The Hall–Kier alpha value is -0.510. The van der Waals surface area contributed by atoms with Crippen molar-refractivity contribution >= 4 is 11.7 Å². The summed E-state index contributed by atoms with van der Waals surface area (Å²) < 4.78 is 0. The van der Waals surface area contributed by atoms with Crippen LogP contribution in [0.5, 0.6) is 0 Å². The first-order valence-corrected chi connectivity index (χ1v) is 4.81. The Morgan fingerprint density at radius 1 is 1.33 bits per heavy atom. The van der Waals surface area contributed by atoms with Gasteiger partial charge in [-0.15, -0.1) is 0 Å². The molecule has 1 aromatic carbocycles. The molecule has 0 aromatic heterocycles. The van der Waals surface area contributed by atoms with E-state index in [-0.39, 0.29) is 29.6 Å². The van der Waals surface area contributed by atoms with Gasteiger partial charge in [0.05, 0.1) is 12.0 Å². The van der Waals surface area contributed by atoms with E-state index in [4.69, 9.17) is 0 Å².